The molecule has 2 aliphatic rings. The number of nitrogens with two attached hydrogens (primary N) is 2. The van der Waals surface area contributed by atoms with Gasteiger partial charge in [0.15, 0.2) is 0 Å². The molecule has 17 heavy (non-hydrogen) atoms. The molecule has 2 fully saturated rings. The van der Waals surface area contributed by atoms with Crippen LogP contribution >= 0.6 is 0 Å². The summed E-state index contributed by atoms with van der Waals surface area (Å²) in [5, 5.41) is 0. The molecule has 0 amide bonds. The summed E-state index contributed by atoms with van der Waals surface area (Å²) in [4.78, 5) is 0. The molecule has 2 aliphatic carbocycles. The molecule has 0 aromatic carbocycles. The molecule has 0 aromatic heterocycles. The Hall–Kier alpha value is -0.340. The van der Waals surface area contributed by atoms with Gasteiger partial charge in [-0.1, -0.05) is 6.08 Å². The third kappa shape index (κ3) is 3.32. The van der Waals surface area contributed by atoms with Crippen molar-refractivity contribution >= 4 is 0 Å². The lowest BCUT2D eigenvalue weighted by Gasteiger charge is -2.38. The lowest BCUT2D eigenvalue weighted by atomic mass is 9.68. The van der Waals surface area contributed by atoms with E-state index >= 15 is 0 Å². The van der Waals surface area contributed by atoms with Gasteiger partial charge in [0.1, 0.15) is 0 Å². The van der Waals surface area contributed by atoms with Gasteiger partial charge in [0.2, 0.25) is 0 Å². The van der Waals surface area contributed by atoms with E-state index in [9.17, 15) is 0 Å². The Morgan fingerprint density at radius 2 is 1.12 bits per heavy atom. The Bertz CT molecular complexity index is 213. The summed E-state index contributed by atoms with van der Waals surface area (Å²) >= 11 is 0. The predicted molar refractivity (Wildman–Crippen MR) is 73.6 cm³/mol. The zero-order valence-electron chi connectivity index (χ0n) is 11.0. The summed E-state index contributed by atoms with van der Waals surface area (Å²) in [6.07, 6.45) is 12.3. The molecule has 0 unspecified atom stereocenters. The van der Waals surface area contributed by atoms with Crippen LogP contribution in [0.2, 0.25) is 0 Å². The maximum Gasteiger partial charge on any atom is 0.00390 e. The highest BCUT2D eigenvalue weighted by atomic mass is 14.6. The fourth-order valence-electron chi connectivity index (χ4n) is 3.83. The third-order valence-corrected chi connectivity index (χ3v) is 4.99. The fraction of sp³-hybridized carbons (Fsp3) is 0.867. The number of hydrogen-bond acceptors (Lipinski definition) is 2. The molecule has 0 aliphatic heterocycles. The molecule has 4 N–H and O–H groups in total. The van der Waals surface area contributed by atoms with Crippen molar-refractivity contribution in [2.75, 3.05) is 0 Å². The molecule has 2 nitrogen and oxygen atoms in total. The number of hydrogen-bond donors (Lipinski definition) is 2. The van der Waals surface area contributed by atoms with E-state index in [4.69, 9.17) is 11.5 Å². The van der Waals surface area contributed by atoms with Gasteiger partial charge < -0.3 is 11.5 Å². The minimum atomic E-state index is 0.455. The Labute approximate surface area is 106 Å². The smallest absolute Gasteiger partial charge is 0.00390 e. The van der Waals surface area contributed by atoms with Gasteiger partial charge in [-0.3, -0.25) is 0 Å². The first-order valence-corrected chi connectivity index (χ1v) is 7.34. The maximum atomic E-state index is 5.99. The fourth-order valence-corrected chi connectivity index (χ4v) is 3.83. The zero-order valence-corrected chi connectivity index (χ0v) is 11.0. The minimum absolute atomic E-state index is 0.455. The Morgan fingerprint density at radius 3 is 1.41 bits per heavy atom. The van der Waals surface area contributed by atoms with Crippen LogP contribution < -0.4 is 11.5 Å². The maximum absolute atomic E-state index is 5.99. The second kappa shape index (κ2) is 6.01. The second-order valence-corrected chi connectivity index (χ2v) is 6.16. The molecular weight excluding hydrogens is 208 g/mol. The molecule has 2 rings (SSSR count). The Kier molecular flexibility index (Phi) is 4.63. The van der Waals surface area contributed by atoms with Crippen molar-refractivity contribution in [2.24, 2.45) is 29.2 Å². The molecule has 0 radical (unpaired) electrons. The third-order valence-electron chi connectivity index (χ3n) is 4.99. The average Bonchev–Trinajstić information content (AvgIpc) is 2.35. The topological polar surface area (TPSA) is 52.0 Å². The van der Waals surface area contributed by atoms with Crippen molar-refractivity contribution < 1.29 is 0 Å². The van der Waals surface area contributed by atoms with Gasteiger partial charge in [0, 0.05) is 12.1 Å². The van der Waals surface area contributed by atoms with Gasteiger partial charge in [-0.2, -0.15) is 0 Å². The van der Waals surface area contributed by atoms with E-state index in [1.807, 2.05) is 0 Å². The van der Waals surface area contributed by atoms with Crippen molar-refractivity contribution in [3.8, 4) is 0 Å². The van der Waals surface area contributed by atoms with Gasteiger partial charge in [0.25, 0.3) is 0 Å². The van der Waals surface area contributed by atoms with Crippen molar-refractivity contribution in [1.29, 1.82) is 0 Å². The summed E-state index contributed by atoms with van der Waals surface area (Å²) < 4.78 is 0. The van der Waals surface area contributed by atoms with Gasteiger partial charge in [-0.25, -0.2) is 0 Å². The van der Waals surface area contributed by atoms with Crippen LogP contribution in [0.15, 0.2) is 12.7 Å². The predicted octanol–water partition coefficient (Wildman–Crippen LogP) is 2.82. The van der Waals surface area contributed by atoms with Gasteiger partial charge in [0.05, 0.1) is 0 Å². The normalized spacial score (nSPS) is 40.8. The molecule has 0 bridgehead atoms. The van der Waals surface area contributed by atoms with Crippen LogP contribution in [0.1, 0.15) is 51.4 Å². The van der Waals surface area contributed by atoms with Crippen molar-refractivity contribution in [2.45, 2.75) is 63.5 Å². The van der Waals surface area contributed by atoms with Crippen LogP contribution in [0.5, 0.6) is 0 Å². The minimum Gasteiger partial charge on any atom is -0.328 e. The van der Waals surface area contributed by atoms with Gasteiger partial charge in [-0.15, -0.1) is 6.58 Å². The van der Waals surface area contributed by atoms with Crippen molar-refractivity contribution in [1.82, 2.24) is 0 Å². The molecule has 0 spiro atoms. The van der Waals surface area contributed by atoms with E-state index in [1.165, 1.54) is 51.4 Å². The molecule has 2 saturated carbocycles. The molecular formula is C15H28N2. The Morgan fingerprint density at radius 1 is 0.765 bits per heavy atom. The number of allylic oxidation sites excluding steroid dienone is 1. The highest BCUT2D eigenvalue weighted by Gasteiger charge is 2.31. The van der Waals surface area contributed by atoms with Crippen molar-refractivity contribution in [3.05, 3.63) is 12.7 Å². The van der Waals surface area contributed by atoms with E-state index in [-0.39, 0.29) is 0 Å². The second-order valence-electron chi connectivity index (χ2n) is 6.16. The summed E-state index contributed by atoms with van der Waals surface area (Å²) in [5.74, 6) is 2.40. The van der Waals surface area contributed by atoms with Crippen molar-refractivity contribution in [3.63, 3.8) is 0 Å². The van der Waals surface area contributed by atoms with E-state index < -0.39 is 0 Å². The molecule has 98 valence electrons. The van der Waals surface area contributed by atoms with Crippen LogP contribution in [0.4, 0.5) is 0 Å². The first kappa shape index (κ1) is 13.1. The summed E-state index contributed by atoms with van der Waals surface area (Å²) in [5.41, 5.74) is 12.0. The lowest BCUT2D eigenvalue weighted by Crippen LogP contribution is -2.35. The van der Waals surface area contributed by atoms with Crippen LogP contribution in [-0.4, -0.2) is 12.1 Å². The summed E-state index contributed by atoms with van der Waals surface area (Å²) in [6, 6.07) is 0.910. The number of rotatable bonds is 3. The SMILES string of the molecule is C=CC(C1CCC(N)CC1)C1CCC(N)CC1. The van der Waals surface area contributed by atoms with Crippen LogP contribution in [0.25, 0.3) is 0 Å². The summed E-state index contributed by atoms with van der Waals surface area (Å²) in [6.45, 7) is 4.09. The first-order valence-electron chi connectivity index (χ1n) is 7.34. The average molecular weight is 236 g/mol. The van der Waals surface area contributed by atoms with Gasteiger partial charge >= 0.3 is 0 Å². The van der Waals surface area contributed by atoms with E-state index in [1.54, 1.807) is 0 Å². The largest absolute Gasteiger partial charge is 0.328 e. The highest BCUT2D eigenvalue weighted by Crippen LogP contribution is 2.40. The highest BCUT2D eigenvalue weighted by molar-refractivity contribution is 4.94. The lowest BCUT2D eigenvalue weighted by molar-refractivity contribution is 0.168. The Balaban J connectivity index is 1.89. The van der Waals surface area contributed by atoms with E-state index in [0.717, 1.165) is 17.8 Å². The quantitative estimate of drug-likeness (QED) is 0.740. The zero-order chi connectivity index (χ0) is 12.3. The van der Waals surface area contributed by atoms with Crippen LogP contribution in [0, 0.1) is 17.8 Å². The first-order chi connectivity index (χ1) is 8.20. The summed E-state index contributed by atoms with van der Waals surface area (Å²) in [7, 11) is 0. The monoisotopic (exact) mass is 236 g/mol. The van der Waals surface area contributed by atoms with Gasteiger partial charge in [-0.05, 0) is 69.1 Å². The van der Waals surface area contributed by atoms with Crippen LogP contribution in [0.3, 0.4) is 0 Å². The molecule has 0 aromatic rings. The van der Waals surface area contributed by atoms with E-state index in [0.29, 0.717) is 12.1 Å². The molecule has 0 saturated heterocycles. The standard InChI is InChI=1S/C15H28N2/c1-2-15(11-3-7-13(16)8-4-11)12-5-9-14(17)10-6-12/h2,11-15H,1,3-10,16-17H2. The van der Waals surface area contributed by atoms with E-state index in [2.05, 4.69) is 12.7 Å². The molecule has 0 heterocycles. The molecule has 0 atom stereocenters. The van der Waals surface area contributed by atoms with Crippen LogP contribution in [-0.2, 0) is 0 Å². The molecule has 2 heteroatoms.